The number of benzene rings is 4. The zero-order valence-electron chi connectivity index (χ0n) is 20.8. The molecule has 0 aliphatic rings. The fraction of sp³-hybridized carbons (Fsp3) is 0.0968. The molecule has 0 aliphatic carbocycles. The first-order chi connectivity index (χ1) is 18.7. The normalized spacial score (nSPS) is 11.9. The number of fused-ring (bicyclic) bond motifs is 1. The number of carboxylic acid groups (broad SMARTS) is 1. The third kappa shape index (κ3) is 5.82. The van der Waals surface area contributed by atoms with Crippen LogP contribution in [0.4, 0.5) is 4.39 Å². The van der Waals surface area contributed by atoms with Gasteiger partial charge in [0.05, 0.1) is 22.7 Å². The summed E-state index contributed by atoms with van der Waals surface area (Å²) < 4.78 is 15.6. The molecule has 0 saturated heterocycles. The number of nitrogens with one attached hydrogen (secondary N) is 1. The Balaban J connectivity index is 1.55. The lowest BCUT2D eigenvalue weighted by Crippen LogP contribution is -2.27. The highest BCUT2D eigenvalue weighted by Crippen LogP contribution is 2.31. The van der Waals surface area contributed by atoms with Gasteiger partial charge in [-0.15, -0.1) is 0 Å². The molecule has 5 aromatic rings. The summed E-state index contributed by atoms with van der Waals surface area (Å²) >= 11 is 12.4. The maximum atomic E-state index is 13.7. The maximum absolute atomic E-state index is 13.7. The second-order valence-corrected chi connectivity index (χ2v) is 10.2. The molecule has 1 atom stereocenters. The van der Waals surface area contributed by atoms with Gasteiger partial charge in [0.15, 0.2) is 0 Å². The molecule has 0 unspecified atom stereocenters. The van der Waals surface area contributed by atoms with E-state index in [0.717, 1.165) is 33.2 Å². The Labute approximate surface area is 234 Å². The molecule has 0 spiro atoms. The minimum absolute atomic E-state index is 0.171. The van der Waals surface area contributed by atoms with E-state index in [1.807, 2.05) is 42.0 Å². The first-order valence-electron chi connectivity index (χ1n) is 12.2. The van der Waals surface area contributed by atoms with E-state index in [1.165, 1.54) is 24.3 Å². The van der Waals surface area contributed by atoms with Gasteiger partial charge in [0.25, 0.3) is 5.91 Å². The van der Waals surface area contributed by atoms with Gasteiger partial charge in [-0.3, -0.25) is 4.79 Å². The Bertz CT molecular complexity index is 1680. The summed E-state index contributed by atoms with van der Waals surface area (Å²) in [6, 6.07) is 23.1. The monoisotopic (exact) mass is 560 g/mol. The topological polar surface area (TPSA) is 71.3 Å². The van der Waals surface area contributed by atoms with E-state index in [9.17, 15) is 19.1 Å². The third-order valence-electron chi connectivity index (χ3n) is 6.56. The number of carboxylic acids is 1. The molecule has 0 aliphatic heterocycles. The minimum Gasteiger partial charge on any atom is -0.478 e. The number of halogens is 3. The van der Waals surface area contributed by atoms with E-state index in [4.69, 9.17) is 23.2 Å². The van der Waals surface area contributed by atoms with Gasteiger partial charge in [-0.2, -0.15) is 0 Å². The van der Waals surface area contributed by atoms with Crippen molar-refractivity contribution in [2.24, 2.45) is 0 Å². The largest absolute Gasteiger partial charge is 0.478 e. The number of hydrogen-bond donors (Lipinski definition) is 2. The second kappa shape index (κ2) is 10.9. The first kappa shape index (κ1) is 26.5. The molecule has 0 saturated carbocycles. The fourth-order valence-electron chi connectivity index (χ4n) is 4.63. The van der Waals surface area contributed by atoms with Gasteiger partial charge in [-0.25, -0.2) is 9.18 Å². The van der Waals surface area contributed by atoms with Crippen molar-refractivity contribution in [2.75, 3.05) is 0 Å². The van der Waals surface area contributed by atoms with E-state index in [2.05, 4.69) is 5.32 Å². The Kier molecular flexibility index (Phi) is 7.42. The third-order valence-corrected chi connectivity index (χ3v) is 7.00. The van der Waals surface area contributed by atoms with Crippen LogP contribution in [0, 0.1) is 5.82 Å². The van der Waals surface area contributed by atoms with Crippen molar-refractivity contribution >= 4 is 46.0 Å². The van der Waals surface area contributed by atoms with Crippen molar-refractivity contribution in [3.63, 3.8) is 0 Å². The SMILES string of the molecule is C[C@H](NC(=O)c1cc(-c2ccc(F)cc2)cc2ccn(Cc3cc(Cl)cc(Cl)c3)c12)c1ccc(C(=O)O)cc1. The lowest BCUT2D eigenvalue weighted by molar-refractivity contribution is 0.0696. The van der Waals surface area contributed by atoms with Gasteiger partial charge < -0.3 is 15.0 Å². The predicted molar refractivity (Wildman–Crippen MR) is 152 cm³/mol. The van der Waals surface area contributed by atoms with E-state index in [1.54, 1.807) is 36.4 Å². The average molecular weight is 561 g/mol. The van der Waals surface area contributed by atoms with E-state index >= 15 is 0 Å². The Morgan fingerprint density at radius 1 is 0.897 bits per heavy atom. The number of aromatic nitrogens is 1. The van der Waals surface area contributed by atoms with Crippen molar-refractivity contribution in [2.45, 2.75) is 19.5 Å². The minimum atomic E-state index is -1.01. The van der Waals surface area contributed by atoms with Crippen molar-refractivity contribution in [3.05, 3.63) is 129 Å². The summed E-state index contributed by atoms with van der Waals surface area (Å²) in [5.74, 6) is -1.66. The zero-order valence-corrected chi connectivity index (χ0v) is 22.3. The molecular weight excluding hydrogens is 538 g/mol. The molecule has 0 bridgehead atoms. The van der Waals surface area contributed by atoms with Crippen LogP contribution in [-0.4, -0.2) is 21.6 Å². The summed E-state index contributed by atoms with van der Waals surface area (Å²) in [6.45, 7) is 2.27. The van der Waals surface area contributed by atoms with Crippen LogP contribution in [0.5, 0.6) is 0 Å². The molecule has 0 fully saturated rings. The standard InChI is InChI=1S/C31H23Cl2FN2O3/c1-18(20-2-4-22(5-3-20)31(38)39)35-30(37)28-15-24(21-6-8-27(34)9-7-21)14-23-10-11-36(29(23)28)17-19-12-25(32)16-26(33)13-19/h2-16,18H,17H2,1H3,(H,35,37)(H,38,39)/t18-/m0/s1. The Morgan fingerprint density at radius 3 is 2.21 bits per heavy atom. The van der Waals surface area contributed by atoms with Gasteiger partial charge in [0.2, 0.25) is 0 Å². The number of aromatic carboxylic acids is 1. The van der Waals surface area contributed by atoms with Crippen LogP contribution in [0.15, 0.2) is 91.1 Å². The molecule has 196 valence electrons. The lowest BCUT2D eigenvalue weighted by Gasteiger charge is -2.17. The molecule has 8 heteroatoms. The molecule has 39 heavy (non-hydrogen) atoms. The van der Waals surface area contributed by atoms with Crippen LogP contribution in [0.1, 0.15) is 44.8 Å². The molecule has 0 radical (unpaired) electrons. The zero-order chi connectivity index (χ0) is 27.7. The van der Waals surface area contributed by atoms with Crippen LogP contribution in [-0.2, 0) is 6.54 Å². The van der Waals surface area contributed by atoms with Gasteiger partial charge in [0, 0.05) is 28.2 Å². The quantitative estimate of drug-likeness (QED) is 0.212. The van der Waals surface area contributed by atoms with Crippen LogP contribution in [0.3, 0.4) is 0 Å². The Morgan fingerprint density at radius 2 is 1.56 bits per heavy atom. The highest BCUT2D eigenvalue weighted by molar-refractivity contribution is 6.34. The van der Waals surface area contributed by atoms with Crippen LogP contribution >= 0.6 is 23.2 Å². The summed E-state index contributed by atoms with van der Waals surface area (Å²) in [4.78, 5) is 24.9. The van der Waals surface area contributed by atoms with E-state index < -0.39 is 5.97 Å². The van der Waals surface area contributed by atoms with Crippen LogP contribution in [0.2, 0.25) is 10.0 Å². The summed E-state index contributed by atoms with van der Waals surface area (Å²) in [6.07, 6.45) is 1.90. The number of carbonyl (C=O) groups excluding carboxylic acids is 1. The lowest BCUT2D eigenvalue weighted by atomic mass is 9.99. The summed E-state index contributed by atoms with van der Waals surface area (Å²) in [7, 11) is 0. The highest BCUT2D eigenvalue weighted by atomic mass is 35.5. The average Bonchev–Trinajstić information content (AvgIpc) is 3.30. The summed E-state index contributed by atoms with van der Waals surface area (Å²) in [5.41, 5.74) is 4.54. The summed E-state index contributed by atoms with van der Waals surface area (Å²) in [5, 5.41) is 14.1. The van der Waals surface area contributed by atoms with E-state index in [-0.39, 0.29) is 23.3 Å². The van der Waals surface area contributed by atoms with Gasteiger partial charge in [-0.05, 0) is 89.8 Å². The molecule has 1 amide bonds. The van der Waals surface area contributed by atoms with Crippen LogP contribution < -0.4 is 5.32 Å². The van der Waals surface area contributed by atoms with Crippen molar-refractivity contribution in [3.8, 4) is 11.1 Å². The van der Waals surface area contributed by atoms with Crippen molar-refractivity contribution in [1.82, 2.24) is 9.88 Å². The number of carbonyl (C=O) groups is 2. The van der Waals surface area contributed by atoms with Gasteiger partial charge >= 0.3 is 5.97 Å². The van der Waals surface area contributed by atoms with Crippen molar-refractivity contribution in [1.29, 1.82) is 0 Å². The van der Waals surface area contributed by atoms with E-state index in [0.29, 0.717) is 22.2 Å². The Hall–Kier alpha value is -4.13. The van der Waals surface area contributed by atoms with Gasteiger partial charge in [-0.1, -0.05) is 47.5 Å². The molecule has 4 aromatic carbocycles. The molecule has 1 heterocycles. The fourth-order valence-corrected chi connectivity index (χ4v) is 5.21. The molecule has 5 rings (SSSR count). The van der Waals surface area contributed by atoms with Crippen LogP contribution in [0.25, 0.3) is 22.0 Å². The number of rotatable bonds is 7. The number of hydrogen-bond acceptors (Lipinski definition) is 2. The number of nitrogens with zero attached hydrogens (tertiary/aromatic N) is 1. The highest BCUT2D eigenvalue weighted by Gasteiger charge is 2.19. The van der Waals surface area contributed by atoms with Crippen molar-refractivity contribution < 1.29 is 19.1 Å². The van der Waals surface area contributed by atoms with Gasteiger partial charge in [0.1, 0.15) is 5.82 Å². The smallest absolute Gasteiger partial charge is 0.335 e. The molecular formula is C31H23Cl2FN2O3. The molecule has 5 nitrogen and oxygen atoms in total. The molecule has 1 aromatic heterocycles. The molecule has 2 N–H and O–H groups in total. The second-order valence-electron chi connectivity index (χ2n) is 9.31. The maximum Gasteiger partial charge on any atom is 0.335 e. The number of amides is 1. The first-order valence-corrected chi connectivity index (χ1v) is 12.9. The predicted octanol–water partition coefficient (Wildman–Crippen LogP) is 7.99.